The highest BCUT2D eigenvalue weighted by molar-refractivity contribution is 7.89. The summed E-state index contributed by atoms with van der Waals surface area (Å²) < 4.78 is 34.7. The van der Waals surface area contributed by atoms with Crippen molar-refractivity contribution in [1.82, 2.24) is 19.4 Å². The van der Waals surface area contributed by atoms with E-state index in [2.05, 4.69) is 39.0 Å². The first kappa shape index (κ1) is 23.4. The van der Waals surface area contributed by atoms with Gasteiger partial charge in [-0.05, 0) is 73.3 Å². The Hall–Kier alpha value is -2.39. The normalized spacial score (nSPS) is 20.2. The molecular weight excluding hydrogens is 472 g/mol. The van der Waals surface area contributed by atoms with Gasteiger partial charge < -0.3 is 4.74 Å². The zero-order valence-corrected chi connectivity index (χ0v) is 20.7. The summed E-state index contributed by atoms with van der Waals surface area (Å²) in [5.41, 5.74) is 3.94. The number of aryl methyl sites for hydroxylation is 1. The molecule has 1 saturated heterocycles. The Labute approximate surface area is 205 Å². The van der Waals surface area contributed by atoms with Gasteiger partial charge in [0.05, 0.1) is 6.20 Å². The number of aromatic nitrogens is 2. The molecule has 5 rings (SSSR count). The minimum absolute atomic E-state index is 0.147. The predicted molar refractivity (Wildman–Crippen MR) is 132 cm³/mol. The van der Waals surface area contributed by atoms with Crippen molar-refractivity contribution in [1.29, 1.82) is 0 Å². The van der Waals surface area contributed by atoms with Crippen LogP contribution in [0.25, 0.3) is 0 Å². The van der Waals surface area contributed by atoms with E-state index in [9.17, 15) is 8.42 Å². The average molecular weight is 501 g/mol. The molecule has 0 radical (unpaired) electrons. The van der Waals surface area contributed by atoms with Crippen molar-refractivity contribution in [2.45, 2.75) is 36.1 Å². The van der Waals surface area contributed by atoms with E-state index < -0.39 is 10.0 Å². The molecule has 2 aromatic carbocycles. The zero-order valence-electron chi connectivity index (χ0n) is 19.2. The largest absolute Gasteiger partial charge is 0.492 e. The number of halogens is 1. The molecule has 1 aromatic heterocycles. The molecule has 1 aliphatic carbocycles. The van der Waals surface area contributed by atoms with E-state index in [4.69, 9.17) is 16.3 Å². The SMILES string of the molecule is Cn1cc(S(=O)(=O)NCCOc2ccc3c(c2)C(Cc2cccc(Cl)c2)C(N2CCC2)C3)cn1. The van der Waals surface area contributed by atoms with Gasteiger partial charge in [-0.1, -0.05) is 29.8 Å². The molecule has 0 amide bonds. The van der Waals surface area contributed by atoms with Gasteiger partial charge in [0.25, 0.3) is 0 Å². The lowest BCUT2D eigenvalue weighted by molar-refractivity contribution is 0.106. The summed E-state index contributed by atoms with van der Waals surface area (Å²) in [5.74, 6) is 1.14. The molecule has 2 heterocycles. The first-order valence-electron chi connectivity index (χ1n) is 11.6. The number of fused-ring (bicyclic) bond motifs is 1. The quantitative estimate of drug-likeness (QED) is 0.456. The molecule has 180 valence electrons. The first-order chi connectivity index (χ1) is 16.4. The third kappa shape index (κ3) is 5.00. The summed E-state index contributed by atoms with van der Waals surface area (Å²) >= 11 is 6.25. The lowest BCUT2D eigenvalue weighted by atomic mass is 9.89. The minimum Gasteiger partial charge on any atom is -0.492 e. The zero-order chi connectivity index (χ0) is 23.7. The van der Waals surface area contributed by atoms with Crippen LogP contribution in [-0.4, -0.2) is 55.4 Å². The van der Waals surface area contributed by atoms with E-state index in [0.717, 1.165) is 36.7 Å². The van der Waals surface area contributed by atoms with E-state index in [1.807, 2.05) is 18.2 Å². The van der Waals surface area contributed by atoms with Crippen molar-refractivity contribution in [2.75, 3.05) is 26.2 Å². The Morgan fingerprint density at radius 1 is 1.21 bits per heavy atom. The number of nitrogens with one attached hydrogen (secondary N) is 1. The summed E-state index contributed by atoms with van der Waals surface area (Å²) in [6, 6.07) is 14.9. The second-order valence-electron chi connectivity index (χ2n) is 9.06. The number of rotatable bonds is 9. The van der Waals surface area contributed by atoms with Crippen molar-refractivity contribution in [3.63, 3.8) is 0 Å². The van der Waals surface area contributed by atoms with Gasteiger partial charge in [-0.3, -0.25) is 9.58 Å². The maximum Gasteiger partial charge on any atom is 0.243 e. The molecule has 7 nitrogen and oxygen atoms in total. The van der Waals surface area contributed by atoms with Gasteiger partial charge in [0.15, 0.2) is 0 Å². The number of hydrogen-bond acceptors (Lipinski definition) is 5. The topological polar surface area (TPSA) is 76.5 Å². The molecule has 2 aliphatic rings. The third-order valence-corrected chi connectivity index (χ3v) is 8.42. The first-order valence-corrected chi connectivity index (χ1v) is 13.5. The lowest BCUT2D eigenvalue weighted by Crippen LogP contribution is -2.47. The number of benzene rings is 2. The molecule has 2 atom stereocenters. The molecule has 1 N–H and O–H groups in total. The van der Waals surface area contributed by atoms with Gasteiger partial charge in [0, 0.05) is 36.8 Å². The van der Waals surface area contributed by atoms with E-state index in [-0.39, 0.29) is 18.0 Å². The standard InChI is InChI=1S/C25H29ClN4O3S/c1-29-17-22(16-27-29)34(31,32)28-8-11-33-21-7-6-19-14-25(30-9-3-10-30)24(23(19)15-21)13-18-4-2-5-20(26)12-18/h2,4-7,12,15-17,24-25,28H,3,8-11,13-14H2,1H3. The van der Waals surface area contributed by atoms with E-state index in [0.29, 0.717) is 12.0 Å². The highest BCUT2D eigenvalue weighted by Gasteiger charge is 2.38. The van der Waals surface area contributed by atoms with E-state index in [1.165, 1.54) is 40.2 Å². The molecule has 1 aliphatic heterocycles. The Kier molecular flexibility index (Phi) is 6.66. The van der Waals surface area contributed by atoms with Gasteiger partial charge in [-0.25, -0.2) is 13.1 Å². The van der Waals surface area contributed by atoms with Crippen LogP contribution in [0.15, 0.2) is 59.8 Å². The summed E-state index contributed by atoms with van der Waals surface area (Å²) in [4.78, 5) is 2.73. The van der Waals surface area contributed by atoms with Crippen LogP contribution in [0.2, 0.25) is 5.02 Å². The Bertz CT molecular complexity index is 1270. The van der Waals surface area contributed by atoms with Crippen LogP contribution >= 0.6 is 11.6 Å². The van der Waals surface area contributed by atoms with Crippen molar-refractivity contribution < 1.29 is 13.2 Å². The third-order valence-electron chi connectivity index (χ3n) is 6.77. The summed E-state index contributed by atoms with van der Waals surface area (Å²) in [6.45, 7) is 2.74. The Morgan fingerprint density at radius 2 is 2.06 bits per heavy atom. The molecule has 34 heavy (non-hydrogen) atoms. The van der Waals surface area contributed by atoms with E-state index >= 15 is 0 Å². The fraction of sp³-hybridized carbons (Fsp3) is 0.400. The molecular formula is C25H29ClN4O3S. The van der Waals surface area contributed by atoms with Crippen molar-refractivity contribution in [2.24, 2.45) is 7.05 Å². The number of sulfonamides is 1. The van der Waals surface area contributed by atoms with Crippen LogP contribution < -0.4 is 9.46 Å². The summed E-state index contributed by atoms with van der Waals surface area (Å²) in [6.07, 6.45) is 6.05. The monoisotopic (exact) mass is 500 g/mol. The second-order valence-corrected chi connectivity index (χ2v) is 11.3. The fourth-order valence-corrected chi connectivity index (χ4v) is 6.16. The maximum atomic E-state index is 12.4. The van der Waals surface area contributed by atoms with Crippen LogP contribution in [0.5, 0.6) is 5.75 Å². The van der Waals surface area contributed by atoms with Gasteiger partial charge in [0.1, 0.15) is 17.3 Å². The van der Waals surface area contributed by atoms with E-state index in [1.54, 1.807) is 7.05 Å². The highest BCUT2D eigenvalue weighted by atomic mass is 35.5. The molecule has 0 saturated carbocycles. The molecule has 3 aromatic rings. The number of ether oxygens (including phenoxy) is 1. The molecule has 9 heteroatoms. The summed E-state index contributed by atoms with van der Waals surface area (Å²) in [5, 5.41) is 4.68. The number of hydrogen-bond donors (Lipinski definition) is 1. The maximum absolute atomic E-state index is 12.4. The van der Waals surface area contributed by atoms with Crippen molar-refractivity contribution >= 4 is 21.6 Å². The van der Waals surface area contributed by atoms with Crippen molar-refractivity contribution in [3.8, 4) is 5.75 Å². The predicted octanol–water partition coefficient (Wildman–Crippen LogP) is 3.39. The fourth-order valence-electron chi connectivity index (χ4n) is 4.95. The van der Waals surface area contributed by atoms with Crippen LogP contribution in [0.3, 0.4) is 0 Å². The smallest absolute Gasteiger partial charge is 0.243 e. The summed E-state index contributed by atoms with van der Waals surface area (Å²) in [7, 11) is -1.91. The number of likely N-dealkylation sites (tertiary alicyclic amines) is 1. The van der Waals surface area contributed by atoms with Gasteiger partial charge in [-0.2, -0.15) is 5.10 Å². The Morgan fingerprint density at radius 3 is 2.76 bits per heavy atom. The van der Waals surface area contributed by atoms with Gasteiger partial charge in [-0.15, -0.1) is 0 Å². The second kappa shape index (κ2) is 9.70. The van der Waals surface area contributed by atoms with Crippen LogP contribution in [-0.2, 0) is 29.9 Å². The van der Waals surface area contributed by atoms with Crippen molar-refractivity contribution in [3.05, 3.63) is 76.6 Å². The average Bonchev–Trinajstić information content (AvgIpc) is 3.35. The van der Waals surface area contributed by atoms with Gasteiger partial charge >= 0.3 is 0 Å². The van der Waals surface area contributed by atoms with Crippen LogP contribution in [0.1, 0.15) is 29.0 Å². The van der Waals surface area contributed by atoms with Crippen LogP contribution in [0, 0.1) is 0 Å². The highest BCUT2D eigenvalue weighted by Crippen LogP contribution is 2.41. The van der Waals surface area contributed by atoms with Crippen LogP contribution in [0.4, 0.5) is 0 Å². The molecule has 1 fully saturated rings. The minimum atomic E-state index is -3.59. The molecule has 2 unspecified atom stereocenters. The Balaban J connectivity index is 1.26. The lowest BCUT2D eigenvalue weighted by Gasteiger charge is -2.39. The molecule has 0 bridgehead atoms. The molecule has 0 spiro atoms. The van der Waals surface area contributed by atoms with Gasteiger partial charge in [0.2, 0.25) is 10.0 Å². The number of nitrogens with zero attached hydrogens (tertiary/aromatic N) is 3.